The lowest BCUT2D eigenvalue weighted by Gasteiger charge is -2.12. The molecule has 0 saturated heterocycles. The highest BCUT2D eigenvalue weighted by Gasteiger charge is 2.14. The fraction of sp³-hybridized carbons (Fsp3) is 0.462. The Morgan fingerprint density at radius 2 is 2.21 bits per heavy atom. The van der Waals surface area contributed by atoms with Crippen molar-refractivity contribution < 1.29 is 19.4 Å². The number of rotatable bonds is 8. The number of aliphatic hydroxyl groups excluding tert-OH is 1. The molecule has 1 aromatic rings. The van der Waals surface area contributed by atoms with Crippen molar-refractivity contribution in [3.63, 3.8) is 0 Å². The van der Waals surface area contributed by atoms with Crippen LogP contribution in [-0.4, -0.2) is 44.0 Å². The van der Waals surface area contributed by atoms with Crippen molar-refractivity contribution in [3.8, 4) is 5.75 Å². The maximum Gasteiger partial charge on any atom is 0.255 e. The normalized spacial score (nSPS) is 10.2. The lowest BCUT2D eigenvalue weighted by Crippen LogP contribution is -2.28. The van der Waals surface area contributed by atoms with Gasteiger partial charge < -0.3 is 25.6 Å². The van der Waals surface area contributed by atoms with Gasteiger partial charge in [0.05, 0.1) is 37.7 Å². The van der Waals surface area contributed by atoms with Crippen molar-refractivity contribution in [2.75, 3.05) is 38.7 Å². The summed E-state index contributed by atoms with van der Waals surface area (Å²) < 4.78 is 10.4. The van der Waals surface area contributed by atoms with Crippen molar-refractivity contribution >= 4 is 11.6 Å². The molecule has 0 aromatic heterocycles. The van der Waals surface area contributed by atoms with E-state index < -0.39 is 0 Å². The van der Waals surface area contributed by atoms with Gasteiger partial charge in [-0.2, -0.15) is 0 Å². The molecule has 0 spiro atoms. The van der Waals surface area contributed by atoms with E-state index >= 15 is 0 Å². The summed E-state index contributed by atoms with van der Waals surface area (Å²) in [5.74, 6) is 0.141. The van der Waals surface area contributed by atoms with Crippen LogP contribution in [0.4, 0.5) is 5.69 Å². The highest BCUT2D eigenvalue weighted by molar-refractivity contribution is 5.98. The van der Waals surface area contributed by atoms with Gasteiger partial charge in [-0.15, -0.1) is 0 Å². The first-order chi connectivity index (χ1) is 9.20. The second-order valence-corrected chi connectivity index (χ2v) is 3.75. The van der Waals surface area contributed by atoms with E-state index in [0.29, 0.717) is 36.8 Å². The van der Waals surface area contributed by atoms with E-state index in [-0.39, 0.29) is 19.1 Å². The minimum Gasteiger partial charge on any atom is -0.491 e. The van der Waals surface area contributed by atoms with E-state index in [9.17, 15) is 4.79 Å². The van der Waals surface area contributed by atoms with Crippen LogP contribution in [0, 0.1) is 0 Å². The largest absolute Gasteiger partial charge is 0.491 e. The summed E-state index contributed by atoms with van der Waals surface area (Å²) in [7, 11) is 0. The quantitative estimate of drug-likeness (QED) is 0.469. The summed E-state index contributed by atoms with van der Waals surface area (Å²) in [5.41, 5.74) is 6.62. The van der Waals surface area contributed by atoms with Crippen LogP contribution in [-0.2, 0) is 4.74 Å². The number of carbonyl (C=O) groups excluding carboxylic acids is 1. The lowest BCUT2D eigenvalue weighted by atomic mass is 10.1. The van der Waals surface area contributed by atoms with Crippen molar-refractivity contribution in [1.29, 1.82) is 0 Å². The van der Waals surface area contributed by atoms with E-state index in [4.69, 9.17) is 20.3 Å². The number of hydrogen-bond acceptors (Lipinski definition) is 5. The van der Waals surface area contributed by atoms with Crippen LogP contribution >= 0.6 is 0 Å². The van der Waals surface area contributed by atoms with Gasteiger partial charge in [0.2, 0.25) is 0 Å². The van der Waals surface area contributed by atoms with Gasteiger partial charge in [-0.3, -0.25) is 4.79 Å². The number of nitrogens with one attached hydrogen (secondary N) is 1. The van der Waals surface area contributed by atoms with Crippen LogP contribution in [0.2, 0.25) is 0 Å². The van der Waals surface area contributed by atoms with Crippen molar-refractivity contribution in [2.45, 2.75) is 6.92 Å². The minimum absolute atomic E-state index is 0.0301. The second kappa shape index (κ2) is 8.34. The van der Waals surface area contributed by atoms with Gasteiger partial charge in [-0.25, -0.2) is 0 Å². The van der Waals surface area contributed by atoms with Crippen molar-refractivity contribution in [3.05, 3.63) is 23.8 Å². The third kappa shape index (κ3) is 4.76. The number of aliphatic hydroxyl groups is 1. The molecule has 0 bridgehead atoms. The number of nitrogens with two attached hydrogens (primary N) is 1. The number of amides is 1. The molecule has 1 amide bonds. The smallest absolute Gasteiger partial charge is 0.255 e. The number of hydrogen-bond donors (Lipinski definition) is 3. The molecule has 0 aliphatic carbocycles. The summed E-state index contributed by atoms with van der Waals surface area (Å²) in [6, 6.07) is 5.05. The Morgan fingerprint density at radius 3 is 2.89 bits per heavy atom. The van der Waals surface area contributed by atoms with Crippen LogP contribution in [0.3, 0.4) is 0 Å². The highest BCUT2D eigenvalue weighted by atomic mass is 16.5. The molecule has 0 atom stereocenters. The Balaban J connectivity index is 2.58. The van der Waals surface area contributed by atoms with Gasteiger partial charge in [-0.1, -0.05) is 6.07 Å². The maximum atomic E-state index is 12.0. The molecule has 0 saturated carbocycles. The van der Waals surface area contributed by atoms with E-state index in [0.717, 1.165) is 0 Å². The molecule has 0 unspecified atom stereocenters. The minimum atomic E-state index is -0.261. The van der Waals surface area contributed by atoms with Gasteiger partial charge in [-0.05, 0) is 19.1 Å². The van der Waals surface area contributed by atoms with E-state index in [1.54, 1.807) is 18.2 Å². The predicted molar refractivity (Wildman–Crippen MR) is 72.3 cm³/mol. The summed E-state index contributed by atoms with van der Waals surface area (Å²) in [6.07, 6.45) is 0. The number of anilines is 1. The van der Waals surface area contributed by atoms with Gasteiger partial charge in [0.15, 0.2) is 5.75 Å². The van der Waals surface area contributed by atoms with Crippen molar-refractivity contribution in [2.24, 2.45) is 0 Å². The van der Waals surface area contributed by atoms with Gasteiger partial charge in [0, 0.05) is 6.54 Å². The molecule has 4 N–H and O–H groups in total. The Hall–Kier alpha value is -1.79. The van der Waals surface area contributed by atoms with Crippen LogP contribution in [0.15, 0.2) is 18.2 Å². The third-order valence-electron chi connectivity index (χ3n) is 2.35. The number of nitrogen functional groups attached to an aromatic ring is 1. The molecule has 19 heavy (non-hydrogen) atoms. The lowest BCUT2D eigenvalue weighted by molar-refractivity contribution is 0.0836. The fourth-order valence-corrected chi connectivity index (χ4v) is 1.54. The Labute approximate surface area is 112 Å². The molecule has 1 aromatic carbocycles. The summed E-state index contributed by atoms with van der Waals surface area (Å²) in [5, 5.41) is 11.2. The Morgan fingerprint density at radius 1 is 1.42 bits per heavy atom. The van der Waals surface area contributed by atoms with Crippen LogP contribution in [0.25, 0.3) is 0 Å². The van der Waals surface area contributed by atoms with E-state index in [1.807, 2.05) is 6.92 Å². The average molecular weight is 268 g/mol. The van der Waals surface area contributed by atoms with Gasteiger partial charge in [0.1, 0.15) is 0 Å². The first-order valence-electron chi connectivity index (χ1n) is 6.18. The predicted octanol–water partition coefficient (Wildman–Crippen LogP) is 0.406. The van der Waals surface area contributed by atoms with E-state index in [2.05, 4.69) is 5.32 Å². The zero-order chi connectivity index (χ0) is 14.1. The zero-order valence-corrected chi connectivity index (χ0v) is 11.0. The van der Waals surface area contributed by atoms with E-state index in [1.165, 1.54) is 0 Å². The first kappa shape index (κ1) is 15.3. The highest BCUT2D eigenvalue weighted by Crippen LogP contribution is 2.26. The molecule has 1 rings (SSSR count). The molecule has 6 heteroatoms. The molecule has 6 nitrogen and oxygen atoms in total. The van der Waals surface area contributed by atoms with Crippen LogP contribution in [0.1, 0.15) is 17.3 Å². The summed E-state index contributed by atoms with van der Waals surface area (Å²) in [6.45, 7) is 3.21. The third-order valence-corrected chi connectivity index (χ3v) is 2.35. The molecular formula is C13H20N2O4. The topological polar surface area (TPSA) is 93.8 Å². The zero-order valence-electron chi connectivity index (χ0n) is 11.0. The fourth-order valence-electron chi connectivity index (χ4n) is 1.54. The number of benzene rings is 1. The van der Waals surface area contributed by atoms with Crippen molar-refractivity contribution in [1.82, 2.24) is 5.32 Å². The number of para-hydroxylation sites is 1. The number of ether oxygens (including phenoxy) is 2. The maximum absolute atomic E-state index is 12.0. The molecule has 0 aliphatic rings. The molecule has 106 valence electrons. The molecule has 0 aliphatic heterocycles. The Bertz CT molecular complexity index is 410. The monoisotopic (exact) mass is 268 g/mol. The Kier molecular flexibility index (Phi) is 6.70. The molecule has 0 heterocycles. The molecular weight excluding hydrogens is 248 g/mol. The van der Waals surface area contributed by atoms with Gasteiger partial charge in [0.25, 0.3) is 5.91 Å². The van der Waals surface area contributed by atoms with Crippen LogP contribution < -0.4 is 15.8 Å². The SMILES string of the molecule is CCOc1c(N)cccc1C(=O)NCCOCCO. The molecule has 0 radical (unpaired) electrons. The summed E-state index contributed by atoms with van der Waals surface area (Å²) >= 11 is 0. The summed E-state index contributed by atoms with van der Waals surface area (Å²) in [4.78, 5) is 12.0. The molecule has 0 fully saturated rings. The average Bonchev–Trinajstić information content (AvgIpc) is 2.41. The standard InChI is InChI=1S/C13H20N2O4/c1-2-19-12-10(4-3-5-11(12)14)13(17)15-6-8-18-9-7-16/h3-5,16H,2,6-9,14H2,1H3,(H,15,17). The van der Waals surface area contributed by atoms with Gasteiger partial charge >= 0.3 is 0 Å². The van der Waals surface area contributed by atoms with Crippen LogP contribution in [0.5, 0.6) is 5.75 Å². The first-order valence-corrected chi connectivity index (χ1v) is 6.18. The second-order valence-electron chi connectivity index (χ2n) is 3.75. The number of carbonyl (C=O) groups is 1.